The summed E-state index contributed by atoms with van der Waals surface area (Å²) in [5.74, 6) is 0. The number of nitrogens with zero attached hydrogens (tertiary/aromatic N) is 2. The molecule has 0 saturated carbocycles. The number of hydrogen-bond acceptors (Lipinski definition) is 3. The fourth-order valence-corrected chi connectivity index (χ4v) is 5.20. The van der Waals surface area contributed by atoms with Crippen LogP contribution in [0.1, 0.15) is 65.0 Å². The van der Waals surface area contributed by atoms with E-state index in [2.05, 4.69) is 55.3 Å². The summed E-state index contributed by atoms with van der Waals surface area (Å²) in [6.45, 7) is 13.2. The number of hydrogen-bond donors (Lipinski definition) is 1. The number of nitrogens with one attached hydrogen (secondary N) is 1. The molecule has 0 unspecified atom stereocenters. The summed E-state index contributed by atoms with van der Waals surface area (Å²) >= 11 is 0. The van der Waals surface area contributed by atoms with Gasteiger partial charge in [0.15, 0.2) is 0 Å². The quantitative estimate of drug-likeness (QED) is 0.826. The van der Waals surface area contributed by atoms with E-state index in [9.17, 15) is 4.79 Å². The van der Waals surface area contributed by atoms with Gasteiger partial charge in [0.2, 0.25) is 0 Å². The van der Waals surface area contributed by atoms with E-state index < -0.39 is 0 Å². The van der Waals surface area contributed by atoms with Gasteiger partial charge in [-0.1, -0.05) is 45.0 Å². The Kier molecular flexibility index (Phi) is 5.90. The fourth-order valence-electron chi connectivity index (χ4n) is 5.20. The van der Waals surface area contributed by atoms with Gasteiger partial charge in [-0.15, -0.1) is 0 Å². The average Bonchev–Trinajstić information content (AvgIpc) is 3.01. The molecule has 1 atom stereocenters. The molecule has 1 aromatic rings. The second-order valence-corrected chi connectivity index (χ2v) is 10.3. The predicted octanol–water partition coefficient (Wildman–Crippen LogP) is 4.19. The lowest BCUT2D eigenvalue weighted by Crippen LogP contribution is -2.47. The zero-order valence-electron chi connectivity index (χ0n) is 18.4. The fraction of sp³-hybridized carbons (Fsp3) is 0.708. The van der Waals surface area contributed by atoms with E-state index in [-0.39, 0.29) is 18.9 Å². The summed E-state index contributed by atoms with van der Waals surface area (Å²) in [7, 11) is 0. The molecular formula is C24H39N3O2. The number of fused-ring (bicyclic) bond motifs is 2. The standard InChI is InChI=1S/C24H37N3O2.H2/c1-23(2,3)8-11-26-12-9-24(10-13-26)18-21(19-6-4-5-7-20(19)24)25-22(28)27-14-16-29-17-15-27;/h4-7,21H,8-18H2,1-3H3,(H,25,28);1H/t21-;/m0./s1. The highest BCUT2D eigenvalue weighted by Gasteiger charge is 2.45. The Morgan fingerprint density at radius 3 is 2.55 bits per heavy atom. The Morgan fingerprint density at radius 1 is 1.17 bits per heavy atom. The molecule has 1 aromatic carbocycles. The number of piperidine rings is 1. The number of benzene rings is 1. The van der Waals surface area contributed by atoms with Gasteiger partial charge in [0.25, 0.3) is 0 Å². The lowest BCUT2D eigenvalue weighted by atomic mass is 9.73. The molecule has 5 nitrogen and oxygen atoms in total. The van der Waals surface area contributed by atoms with E-state index in [1.54, 1.807) is 0 Å². The summed E-state index contributed by atoms with van der Waals surface area (Å²) in [5.41, 5.74) is 3.42. The maximum Gasteiger partial charge on any atom is 0.318 e. The van der Waals surface area contributed by atoms with Crippen LogP contribution in [0.15, 0.2) is 24.3 Å². The Balaban J connectivity index is 0.00000256. The van der Waals surface area contributed by atoms with Gasteiger partial charge in [-0.3, -0.25) is 0 Å². The van der Waals surface area contributed by atoms with Crippen LogP contribution >= 0.6 is 0 Å². The van der Waals surface area contributed by atoms with Crippen LogP contribution in [0.25, 0.3) is 0 Å². The topological polar surface area (TPSA) is 44.8 Å². The first-order chi connectivity index (χ1) is 13.9. The third kappa shape index (κ3) is 4.61. The molecule has 2 heterocycles. The van der Waals surface area contributed by atoms with Gasteiger partial charge in [-0.2, -0.15) is 0 Å². The lowest BCUT2D eigenvalue weighted by Gasteiger charge is -2.41. The van der Waals surface area contributed by atoms with E-state index in [0.29, 0.717) is 31.7 Å². The molecule has 2 saturated heterocycles. The molecular weight excluding hydrogens is 362 g/mol. The number of ether oxygens (including phenoxy) is 1. The predicted molar refractivity (Wildman–Crippen MR) is 118 cm³/mol. The van der Waals surface area contributed by atoms with Crippen molar-refractivity contribution in [2.24, 2.45) is 5.41 Å². The van der Waals surface area contributed by atoms with Gasteiger partial charge < -0.3 is 19.9 Å². The van der Waals surface area contributed by atoms with E-state index in [1.165, 1.54) is 36.9 Å². The highest BCUT2D eigenvalue weighted by atomic mass is 16.5. The number of morpholine rings is 1. The van der Waals surface area contributed by atoms with Gasteiger partial charge in [0, 0.05) is 19.9 Å². The number of likely N-dealkylation sites (tertiary alicyclic amines) is 1. The van der Waals surface area contributed by atoms with Crippen molar-refractivity contribution >= 4 is 6.03 Å². The van der Waals surface area contributed by atoms with Crippen LogP contribution in [-0.2, 0) is 10.2 Å². The minimum absolute atomic E-state index is 0. The number of carbonyl (C=O) groups is 1. The molecule has 1 N–H and O–H groups in total. The van der Waals surface area contributed by atoms with Crippen molar-refractivity contribution in [2.75, 3.05) is 45.9 Å². The first-order valence-corrected chi connectivity index (χ1v) is 11.3. The van der Waals surface area contributed by atoms with Crippen LogP contribution < -0.4 is 5.32 Å². The van der Waals surface area contributed by atoms with E-state index in [0.717, 1.165) is 19.5 Å². The van der Waals surface area contributed by atoms with E-state index >= 15 is 0 Å². The molecule has 162 valence electrons. The van der Waals surface area contributed by atoms with Crippen molar-refractivity contribution in [1.82, 2.24) is 15.1 Å². The molecule has 1 aliphatic carbocycles. The van der Waals surface area contributed by atoms with Crippen molar-refractivity contribution in [3.05, 3.63) is 35.4 Å². The van der Waals surface area contributed by atoms with Crippen molar-refractivity contribution in [3.8, 4) is 0 Å². The van der Waals surface area contributed by atoms with Crippen LogP contribution in [0.3, 0.4) is 0 Å². The van der Waals surface area contributed by atoms with Crippen molar-refractivity contribution in [2.45, 2.75) is 57.9 Å². The second kappa shape index (κ2) is 8.27. The largest absolute Gasteiger partial charge is 0.378 e. The highest BCUT2D eigenvalue weighted by molar-refractivity contribution is 5.75. The Hall–Kier alpha value is -1.59. The first kappa shape index (κ1) is 20.7. The summed E-state index contributed by atoms with van der Waals surface area (Å²) in [6.07, 6.45) is 4.67. The van der Waals surface area contributed by atoms with Crippen molar-refractivity contribution in [1.29, 1.82) is 0 Å². The SMILES string of the molecule is CC(C)(C)CCN1CCC2(CC1)C[C@H](NC(=O)N1CCOCC1)c1ccccc12.[HH]. The maximum absolute atomic E-state index is 12.8. The van der Waals surface area contributed by atoms with E-state index in [4.69, 9.17) is 4.74 Å². The smallest absolute Gasteiger partial charge is 0.318 e. The van der Waals surface area contributed by atoms with Crippen molar-refractivity contribution < 1.29 is 11.0 Å². The summed E-state index contributed by atoms with van der Waals surface area (Å²) in [5, 5.41) is 3.35. The van der Waals surface area contributed by atoms with Crippen LogP contribution in [-0.4, -0.2) is 61.8 Å². The minimum Gasteiger partial charge on any atom is -0.378 e. The molecule has 3 aliphatic rings. The Labute approximate surface area is 177 Å². The zero-order valence-corrected chi connectivity index (χ0v) is 18.4. The van der Waals surface area contributed by atoms with E-state index in [1.807, 2.05) is 4.90 Å². The maximum atomic E-state index is 12.8. The third-order valence-corrected chi connectivity index (χ3v) is 7.09. The zero-order chi connectivity index (χ0) is 20.5. The molecule has 1 spiro atoms. The molecule has 5 heteroatoms. The average molecular weight is 402 g/mol. The Bertz CT molecular complexity index is 719. The van der Waals surface area contributed by atoms with Crippen LogP contribution in [0, 0.1) is 5.41 Å². The minimum atomic E-state index is 0. The van der Waals surface area contributed by atoms with Gasteiger partial charge in [-0.05, 0) is 61.9 Å². The Morgan fingerprint density at radius 2 is 1.86 bits per heavy atom. The van der Waals surface area contributed by atoms with Gasteiger partial charge in [0.05, 0.1) is 19.3 Å². The molecule has 0 aromatic heterocycles. The molecule has 4 rings (SSSR count). The lowest BCUT2D eigenvalue weighted by molar-refractivity contribution is 0.0521. The van der Waals surface area contributed by atoms with Crippen LogP contribution in [0.5, 0.6) is 0 Å². The normalized spacial score (nSPS) is 24.5. The third-order valence-electron chi connectivity index (χ3n) is 7.09. The van der Waals surface area contributed by atoms with Crippen LogP contribution in [0.4, 0.5) is 4.79 Å². The van der Waals surface area contributed by atoms with Crippen molar-refractivity contribution in [3.63, 3.8) is 0 Å². The van der Waals surface area contributed by atoms with Gasteiger partial charge >= 0.3 is 6.03 Å². The summed E-state index contributed by atoms with van der Waals surface area (Å²) in [6, 6.07) is 9.00. The molecule has 2 aliphatic heterocycles. The highest BCUT2D eigenvalue weighted by Crippen LogP contribution is 2.50. The molecule has 2 amide bonds. The van der Waals surface area contributed by atoms with Crippen LogP contribution in [0.2, 0.25) is 0 Å². The summed E-state index contributed by atoms with van der Waals surface area (Å²) < 4.78 is 5.39. The second-order valence-electron chi connectivity index (χ2n) is 10.3. The molecule has 2 fully saturated rings. The molecule has 29 heavy (non-hydrogen) atoms. The first-order valence-electron chi connectivity index (χ1n) is 11.3. The number of rotatable bonds is 3. The number of amides is 2. The van der Waals surface area contributed by atoms with Gasteiger partial charge in [0.1, 0.15) is 0 Å². The number of urea groups is 1. The monoisotopic (exact) mass is 401 g/mol. The van der Waals surface area contributed by atoms with Gasteiger partial charge in [-0.25, -0.2) is 4.79 Å². The molecule has 0 radical (unpaired) electrons. The molecule has 0 bridgehead atoms. The summed E-state index contributed by atoms with van der Waals surface area (Å²) in [4.78, 5) is 17.4. The number of carbonyl (C=O) groups excluding carboxylic acids is 1.